The van der Waals surface area contributed by atoms with E-state index in [1.807, 2.05) is 13.0 Å². The Hall–Kier alpha value is -2.42. The molecule has 2 rings (SSSR count). The molecule has 0 spiro atoms. The van der Waals surface area contributed by atoms with Gasteiger partial charge in [-0.2, -0.15) is 5.26 Å². The van der Waals surface area contributed by atoms with Crippen LogP contribution in [0.25, 0.3) is 0 Å². The molecule has 6 nitrogen and oxygen atoms in total. The Morgan fingerprint density at radius 3 is 3.10 bits per heavy atom. The van der Waals surface area contributed by atoms with Crippen molar-refractivity contribution in [3.63, 3.8) is 0 Å². The lowest BCUT2D eigenvalue weighted by Gasteiger charge is -2.27. The van der Waals surface area contributed by atoms with Gasteiger partial charge in [-0.05, 0) is 18.6 Å². The number of nitriles is 1. The summed E-state index contributed by atoms with van der Waals surface area (Å²) in [7, 11) is 0. The van der Waals surface area contributed by atoms with Crippen LogP contribution in [0.15, 0.2) is 18.2 Å². The van der Waals surface area contributed by atoms with E-state index in [-0.39, 0.29) is 30.7 Å². The number of aromatic hydroxyl groups is 1. The van der Waals surface area contributed by atoms with Crippen LogP contribution in [-0.4, -0.2) is 29.8 Å². The van der Waals surface area contributed by atoms with Crippen LogP contribution in [0.1, 0.15) is 19.8 Å². The fourth-order valence-electron chi connectivity index (χ4n) is 1.89. The van der Waals surface area contributed by atoms with E-state index in [0.29, 0.717) is 17.9 Å². The second-order valence-electron chi connectivity index (χ2n) is 4.52. The Kier molecular flexibility index (Phi) is 4.31. The van der Waals surface area contributed by atoms with Crippen LogP contribution in [0.5, 0.6) is 17.2 Å². The molecule has 1 aliphatic heterocycles. The molecule has 0 radical (unpaired) electrons. The van der Waals surface area contributed by atoms with Gasteiger partial charge in [0.25, 0.3) is 5.91 Å². The third kappa shape index (κ3) is 3.12. The van der Waals surface area contributed by atoms with Crippen molar-refractivity contribution >= 4 is 5.91 Å². The predicted octanol–water partition coefficient (Wildman–Crippen LogP) is 1.34. The number of phenols is 1. The molecule has 2 N–H and O–H groups in total. The summed E-state index contributed by atoms with van der Waals surface area (Å²) in [6.45, 7) is 2.00. The van der Waals surface area contributed by atoms with Gasteiger partial charge in [0, 0.05) is 12.1 Å². The minimum Gasteiger partial charge on any atom is -0.508 e. The number of phenolic OH excluding ortho intramolecular Hbond substituents is 1. The molecule has 0 aliphatic carbocycles. The van der Waals surface area contributed by atoms with E-state index in [0.717, 1.165) is 0 Å². The largest absolute Gasteiger partial charge is 0.508 e. The smallest absolute Gasteiger partial charge is 0.264 e. The van der Waals surface area contributed by atoms with Crippen molar-refractivity contribution in [1.82, 2.24) is 5.32 Å². The van der Waals surface area contributed by atoms with Crippen molar-refractivity contribution < 1.29 is 19.4 Å². The Morgan fingerprint density at radius 1 is 1.60 bits per heavy atom. The molecular weight excluding hydrogens is 260 g/mol. The molecule has 1 aromatic carbocycles. The van der Waals surface area contributed by atoms with E-state index < -0.39 is 6.10 Å². The fourth-order valence-corrected chi connectivity index (χ4v) is 1.89. The molecule has 1 amide bonds. The van der Waals surface area contributed by atoms with Crippen LogP contribution >= 0.6 is 0 Å². The molecule has 0 fully saturated rings. The average molecular weight is 276 g/mol. The van der Waals surface area contributed by atoms with E-state index in [9.17, 15) is 9.90 Å². The van der Waals surface area contributed by atoms with Gasteiger partial charge in [0.1, 0.15) is 12.4 Å². The number of benzene rings is 1. The number of nitrogens with one attached hydrogen (secondary N) is 1. The first-order valence-corrected chi connectivity index (χ1v) is 6.43. The second kappa shape index (κ2) is 6.15. The Morgan fingerprint density at radius 2 is 2.40 bits per heavy atom. The molecule has 20 heavy (non-hydrogen) atoms. The zero-order valence-electron chi connectivity index (χ0n) is 11.1. The molecule has 0 saturated carbocycles. The first-order chi connectivity index (χ1) is 9.63. The van der Waals surface area contributed by atoms with E-state index in [4.69, 9.17) is 14.7 Å². The molecule has 106 valence electrons. The second-order valence-corrected chi connectivity index (χ2v) is 4.52. The van der Waals surface area contributed by atoms with Crippen molar-refractivity contribution in [2.45, 2.75) is 31.9 Å². The number of hydrogen-bond donors (Lipinski definition) is 2. The van der Waals surface area contributed by atoms with Gasteiger partial charge in [-0.3, -0.25) is 4.79 Å². The minimum atomic E-state index is -0.781. The van der Waals surface area contributed by atoms with Gasteiger partial charge >= 0.3 is 0 Å². The van der Waals surface area contributed by atoms with Crippen molar-refractivity contribution in [3.05, 3.63) is 18.2 Å². The molecule has 0 unspecified atom stereocenters. The standard InChI is InChI=1S/C14H16N2O4/c1-2-9(5-6-15)16-14(18)13-8-19-11-4-3-10(17)7-12(11)20-13/h3-4,7,9,13,17H,2,5,8H2,1H3,(H,16,18)/t9-,13+/m1/s1. The monoisotopic (exact) mass is 276 g/mol. The zero-order valence-corrected chi connectivity index (χ0v) is 11.1. The molecule has 0 saturated heterocycles. The van der Waals surface area contributed by atoms with E-state index in [2.05, 4.69) is 5.32 Å². The maximum Gasteiger partial charge on any atom is 0.264 e. The number of ether oxygens (including phenoxy) is 2. The summed E-state index contributed by atoms with van der Waals surface area (Å²) in [5.74, 6) is 0.561. The molecular formula is C14H16N2O4. The number of amides is 1. The number of carbonyl (C=O) groups is 1. The van der Waals surface area contributed by atoms with Gasteiger partial charge in [-0.1, -0.05) is 6.92 Å². The molecule has 1 heterocycles. The van der Waals surface area contributed by atoms with Crippen LogP contribution in [0.4, 0.5) is 0 Å². The Balaban J connectivity index is 2.01. The average Bonchev–Trinajstić information content (AvgIpc) is 2.45. The van der Waals surface area contributed by atoms with Gasteiger partial charge < -0.3 is 19.9 Å². The molecule has 0 bridgehead atoms. The van der Waals surface area contributed by atoms with Crippen LogP contribution in [0.2, 0.25) is 0 Å². The highest BCUT2D eigenvalue weighted by Gasteiger charge is 2.28. The summed E-state index contributed by atoms with van der Waals surface area (Å²) in [4.78, 5) is 12.0. The van der Waals surface area contributed by atoms with Crippen molar-refractivity contribution in [2.75, 3.05) is 6.61 Å². The van der Waals surface area contributed by atoms with E-state index in [1.54, 1.807) is 6.07 Å². The molecule has 6 heteroatoms. The molecule has 1 aromatic rings. The lowest BCUT2D eigenvalue weighted by molar-refractivity contribution is -0.131. The topological polar surface area (TPSA) is 91.6 Å². The Labute approximate surface area is 116 Å². The normalized spacial score (nSPS) is 17.9. The van der Waals surface area contributed by atoms with Gasteiger partial charge in [-0.25, -0.2) is 0 Å². The van der Waals surface area contributed by atoms with Gasteiger partial charge in [0.05, 0.1) is 12.5 Å². The number of nitrogens with zero attached hydrogens (tertiary/aromatic N) is 1. The SMILES string of the molecule is CC[C@H](CC#N)NC(=O)[C@@H]1COc2ccc(O)cc2O1. The summed E-state index contributed by atoms with van der Waals surface area (Å²) in [6.07, 6.45) is 0.148. The molecule has 2 atom stereocenters. The summed E-state index contributed by atoms with van der Waals surface area (Å²) < 4.78 is 10.9. The van der Waals surface area contributed by atoms with E-state index >= 15 is 0 Å². The first-order valence-electron chi connectivity index (χ1n) is 6.43. The quantitative estimate of drug-likeness (QED) is 0.865. The zero-order chi connectivity index (χ0) is 14.5. The van der Waals surface area contributed by atoms with Crippen molar-refractivity contribution in [3.8, 4) is 23.3 Å². The predicted molar refractivity (Wildman–Crippen MR) is 70.5 cm³/mol. The highest BCUT2D eigenvalue weighted by Crippen LogP contribution is 2.34. The van der Waals surface area contributed by atoms with Gasteiger partial charge in [0.2, 0.25) is 6.10 Å². The summed E-state index contributed by atoms with van der Waals surface area (Å²) in [6, 6.07) is 6.32. The maximum absolute atomic E-state index is 12.0. The van der Waals surface area contributed by atoms with Gasteiger partial charge in [-0.15, -0.1) is 0 Å². The van der Waals surface area contributed by atoms with Crippen LogP contribution in [0.3, 0.4) is 0 Å². The number of rotatable bonds is 4. The highest BCUT2D eigenvalue weighted by atomic mass is 16.6. The molecule has 1 aliphatic rings. The number of hydrogen-bond acceptors (Lipinski definition) is 5. The van der Waals surface area contributed by atoms with Crippen molar-refractivity contribution in [1.29, 1.82) is 5.26 Å². The summed E-state index contributed by atoms with van der Waals surface area (Å²) in [5.41, 5.74) is 0. The lowest BCUT2D eigenvalue weighted by Crippen LogP contribution is -2.47. The minimum absolute atomic E-state index is 0.0457. The number of fused-ring (bicyclic) bond motifs is 1. The summed E-state index contributed by atoms with van der Waals surface area (Å²) >= 11 is 0. The van der Waals surface area contributed by atoms with Crippen LogP contribution in [-0.2, 0) is 4.79 Å². The highest BCUT2D eigenvalue weighted by molar-refractivity contribution is 5.82. The number of carbonyl (C=O) groups excluding carboxylic acids is 1. The first kappa shape index (κ1) is 14.0. The maximum atomic E-state index is 12.0. The molecule has 0 aromatic heterocycles. The van der Waals surface area contributed by atoms with Crippen LogP contribution in [0, 0.1) is 11.3 Å². The van der Waals surface area contributed by atoms with Crippen molar-refractivity contribution in [2.24, 2.45) is 0 Å². The lowest BCUT2D eigenvalue weighted by atomic mass is 10.1. The van der Waals surface area contributed by atoms with Gasteiger partial charge in [0.15, 0.2) is 11.5 Å². The van der Waals surface area contributed by atoms with E-state index in [1.165, 1.54) is 12.1 Å². The summed E-state index contributed by atoms with van der Waals surface area (Å²) in [5, 5.41) is 20.8. The van der Waals surface area contributed by atoms with Crippen LogP contribution < -0.4 is 14.8 Å². The third-order valence-corrected chi connectivity index (χ3v) is 3.06. The fraction of sp³-hybridized carbons (Fsp3) is 0.429. The Bertz CT molecular complexity index is 538. The third-order valence-electron chi connectivity index (χ3n) is 3.06.